The fraction of sp³-hybridized carbons (Fsp3) is 0.176. The second-order valence-corrected chi connectivity index (χ2v) is 12.6. The van der Waals surface area contributed by atoms with E-state index in [1.165, 1.54) is 62.8 Å². The van der Waals surface area contributed by atoms with Crippen molar-refractivity contribution in [2.75, 3.05) is 59.7 Å². The summed E-state index contributed by atoms with van der Waals surface area (Å²) < 4.78 is 45.6. The third-order valence-corrected chi connectivity index (χ3v) is 8.71. The minimum absolute atomic E-state index is 0.0172. The topological polar surface area (TPSA) is 212 Å². The number of nitrogens with one attached hydrogen (secondary N) is 6. The van der Waals surface area contributed by atoms with E-state index >= 15 is 0 Å². The molecule has 0 fully saturated rings. The number of amides is 6. The molecule has 0 atom stereocenters. The van der Waals surface area contributed by atoms with E-state index in [0.29, 0.717) is 34.1 Å². The first kappa shape index (κ1) is 37.6. The van der Waals surface area contributed by atoms with Gasteiger partial charge in [-0.2, -0.15) is 0 Å². The molecule has 17 heteroatoms. The van der Waals surface area contributed by atoms with Crippen molar-refractivity contribution in [3.8, 4) is 0 Å². The number of carbonyl (C=O) groups excluding carboxylic acids is 4. The smallest absolute Gasteiger partial charge is 0.413 e. The van der Waals surface area contributed by atoms with Gasteiger partial charge in [-0.1, -0.05) is 12.1 Å². The summed E-state index contributed by atoms with van der Waals surface area (Å²) >= 11 is 0. The van der Waals surface area contributed by atoms with Crippen molar-refractivity contribution in [1.82, 2.24) is 0 Å². The van der Waals surface area contributed by atoms with Crippen LogP contribution in [0.1, 0.15) is 11.1 Å². The van der Waals surface area contributed by atoms with Gasteiger partial charge in [-0.25, -0.2) is 27.6 Å². The Hall–Kier alpha value is -6.17. The third kappa shape index (κ3) is 10.9. The van der Waals surface area contributed by atoms with Gasteiger partial charge in [-0.05, 0) is 97.8 Å². The van der Waals surface area contributed by atoms with E-state index in [1.54, 1.807) is 50.2 Å². The van der Waals surface area contributed by atoms with Crippen molar-refractivity contribution >= 4 is 68.2 Å². The zero-order valence-electron chi connectivity index (χ0n) is 28.0. The fourth-order valence-corrected chi connectivity index (χ4v) is 5.60. The molecule has 16 nitrogen and oxygen atoms in total. The number of methoxy groups -OCH3 is 2. The highest BCUT2D eigenvalue weighted by Crippen LogP contribution is 2.25. The molecule has 4 aromatic rings. The van der Waals surface area contributed by atoms with Crippen LogP contribution in [0, 0.1) is 13.8 Å². The van der Waals surface area contributed by atoms with Crippen LogP contribution in [0.5, 0.6) is 0 Å². The number of benzene rings is 4. The first-order chi connectivity index (χ1) is 24.4. The third-order valence-electron chi connectivity index (χ3n) is 6.93. The molecular weight excluding hydrogens is 684 g/mol. The van der Waals surface area contributed by atoms with Gasteiger partial charge in [-0.15, -0.1) is 0 Å². The second kappa shape index (κ2) is 17.5. The monoisotopic (exact) mass is 720 g/mol. The lowest BCUT2D eigenvalue weighted by Gasteiger charge is -2.13. The Labute approximate surface area is 293 Å². The molecule has 268 valence electrons. The Morgan fingerprint density at radius 1 is 0.510 bits per heavy atom. The van der Waals surface area contributed by atoms with Crippen LogP contribution in [0.15, 0.2) is 94.7 Å². The SMILES string of the molecule is COCOC(=O)Nc1cc(NC(=O)Nc2ccc(S(=O)(=O)c3ccc(NC(=O)Nc4ccc(C)c(NC(=O)OCOC)c4)cc3)cc2)ccc1C. The summed E-state index contributed by atoms with van der Waals surface area (Å²) in [4.78, 5) is 49.0. The number of ether oxygens (including phenoxy) is 4. The number of anilines is 6. The molecule has 0 aliphatic carbocycles. The average molecular weight is 721 g/mol. The Balaban J connectivity index is 1.32. The molecule has 0 bridgehead atoms. The number of carbonyl (C=O) groups is 4. The maximum absolute atomic E-state index is 13.3. The van der Waals surface area contributed by atoms with Gasteiger partial charge in [0.25, 0.3) is 0 Å². The molecule has 0 aliphatic heterocycles. The first-order valence-electron chi connectivity index (χ1n) is 15.1. The lowest BCUT2D eigenvalue weighted by molar-refractivity contribution is 0.0178. The van der Waals surface area contributed by atoms with Gasteiger partial charge in [0, 0.05) is 48.3 Å². The number of hydrogen-bond donors (Lipinski definition) is 6. The molecule has 6 amide bonds. The molecule has 0 aromatic heterocycles. The quantitative estimate of drug-likeness (QED) is 0.0850. The normalized spacial score (nSPS) is 10.7. The number of sulfone groups is 1. The predicted molar refractivity (Wildman–Crippen MR) is 190 cm³/mol. The van der Waals surface area contributed by atoms with E-state index in [4.69, 9.17) is 18.9 Å². The minimum Gasteiger partial charge on any atom is -0.422 e. The van der Waals surface area contributed by atoms with Gasteiger partial charge in [0.05, 0.1) is 9.79 Å². The summed E-state index contributed by atoms with van der Waals surface area (Å²) in [5, 5.41) is 15.7. The molecule has 4 aromatic carbocycles. The zero-order chi connectivity index (χ0) is 37.0. The molecule has 0 unspecified atom stereocenters. The highest BCUT2D eigenvalue weighted by atomic mass is 32.2. The standard InChI is InChI=1S/C34H36N6O10S/c1-21-5-7-25(17-29(21)39-33(43)49-19-47-3)37-31(41)35-23-9-13-27(14-10-23)51(45,46)28-15-11-24(12-16-28)36-32(42)38-26-8-6-22(2)30(18-26)40-34(44)50-20-48-4/h5-18H,19-20H2,1-4H3,(H,39,43)(H,40,44)(H2,35,37,41)(H2,36,38,42). The molecule has 0 spiro atoms. The van der Waals surface area contributed by atoms with E-state index in [9.17, 15) is 27.6 Å². The highest BCUT2D eigenvalue weighted by Gasteiger charge is 2.18. The Morgan fingerprint density at radius 2 is 0.843 bits per heavy atom. The Morgan fingerprint density at radius 3 is 1.20 bits per heavy atom. The van der Waals surface area contributed by atoms with E-state index in [0.717, 1.165) is 11.1 Å². The van der Waals surface area contributed by atoms with Gasteiger partial charge in [0.2, 0.25) is 9.84 Å². The number of aryl methyl sites for hydroxylation is 2. The van der Waals surface area contributed by atoms with E-state index in [1.807, 2.05) is 0 Å². The highest BCUT2D eigenvalue weighted by molar-refractivity contribution is 7.91. The fourth-order valence-electron chi connectivity index (χ4n) is 4.34. The molecule has 6 N–H and O–H groups in total. The lowest BCUT2D eigenvalue weighted by Crippen LogP contribution is -2.20. The molecule has 0 saturated carbocycles. The van der Waals surface area contributed by atoms with Crippen molar-refractivity contribution in [1.29, 1.82) is 0 Å². The summed E-state index contributed by atoms with van der Waals surface area (Å²) in [6, 6.07) is 19.8. The zero-order valence-corrected chi connectivity index (χ0v) is 28.8. The molecule has 0 aliphatic rings. The van der Waals surface area contributed by atoms with Crippen LogP contribution in [0.3, 0.4) is 0 Å². The summed E-state index contributed by atoms with van der Waals surface area (Å²) in [7, 11) is -1.17. The van der Waals surface area contributed by atoms with Crippen LogP contribution < -0.4 is 31.9 Å². The van der Waals surface area contributed by atoms with E-state index in [2.05, 4.69) is 31.9 Å². The van der Waals surface area contributed by atoms with Crippen LogP contribution in [-0.4, -0.2) is 60.5 Å². The van der Waals surface area contributed by atoms with Gasteiger partial charge in [-0.3, -0.25) is 10.6 Å². The van der Waals surface area contributed by atoms with Gasteiger partial charge in [0.1, 0.15) is 0 Å². The van der Waals surface area contributed by atoms with Crippen LogP contribution in [-0.2, 0) is 28.8 Å². The largest absolute Gasteiger partial charge is 0.422 e. The van der Waals surface area contributed by atoms with E-state index in [-0.39, 0.29) is 23.4 Å². The predicted octanol–water partition coefficient (Wildman–Crippen LogP) is 6.73. The van der Waals surface area contributed by atoms with Crippen molar-refractivity contribution in [2.45, 2.75) is 23.6 Å². The molecule has 0 heterocycles. The summed E-state index contributed by atoms with van der Waals surface area (Å²) in [5.74, 6) is 0. The van der Waals surface area contributed by atoms with Crippen LogP contribution in [0.25, 0.3) is 0 Å². The van der Waals surface area contributed by atoms with Crippen molar-refractivity contribution in [3.05, 3.63) is 96.1 Å². The maximum Gasteiger partial charge on any atom is 0.413 e. The summed E-state index contributed by atoms with van der Waals surface area (Å²) in [5.41, 5.74) is 3.73. The number of rotatable bonds is 12. The van der Waals surface area contributed by atoms with Gasteiger partial charge in [0.15, 0.2) is 13.6 Å². The number of urea groups is 2. The Kier molecular flexibility index (Phi) is 12.9. The van der Waals surface area contributed by atoms with Gasteiger partial charge >= 0.3 is 24.2 Å². The van der Waals surface area contributed by atoms with E-state index < -0.39 is 34.1 Å². The summed E-state index contributed by atoms with van der Waals surface area (Å²) in [6.07, 6.45) is -1.44. The van der Waals surface area contributed by atoms with Crippen LogP contribution in [0.4, 0.5) is 53.3 Å². The average Bonchev–Trinajstić information content (AvgIpc) is 3.09. The molecule has 4 rings (SSSR count). The molecular formula is C34H36N6O10S. The molecule has 0 saturated heterocycles. The van der Waals surface area contributed by atoms with Crippen molar-refractivity contribution in [3.63, 3.8) is 0 Å². The van der Waals surface area contributed by atoms with Crippen LogP contribution in [0.2, 0.25) is 0 Å². The first-order valence-corrected chi connectivity index (χ1v) is 16.5. The van der Waals surface area contributed by atoms with Gasteiger partial charge < -0.3 is 40.2 Å². The van der Waals surface area contributed by atoms with Crippen molar-refractivity contribution < 1.29 is 46.5 Å². The minimum atomic E-state index is -3.94. The van der Waals surface area contributed by atoms with Crippen molar-refractivity contribution in [2.24, 2.45) is 0 Å². The number of hydrogen-bond acceptors (Lipinski definition) is 10. The summed E-state index contributed by atoms with van der Waals surface area (Å²) in [6.45, 7) is 3.11. The molecule has 0 radical (unpaired) electrons. The van der Waals surface area contributed by atoms with Crippen LogP contribution >= 0.6 is 0 Å². The molecule has 51 heavy (non-hydrogen) atoms. The Bertz CT molecular complexity index is 1850. The maximum atomic E-state index is 13.3. The second-order valence-electron chi connectivity index (χ2n) is 10.7. The lowest BCUT2D eigenvalue weighted by atomic mass is 10.2.